The van der Waals surface area contributed by atoms with Crippen molar-refractivity contribution in [2.75, 3.05) is 25.9 Å². The zero-order chi connectivity index (χ0) is 21.1. The molecule has 0 bridgehead atoms. The van der Waals surface area contributed by atoms with Crippen LogP contribution >= 0.6 is 0 Å². The summed E-state index contributed by atoms with van der Waals surface area (Å²) in [6, 6.07) is 7.92. The van der Waals surface area contributed by atoms with E-state index in [0.717, 1.165) is 24.0 Å². The van der Waals surface area contributed by atoms with Gasteiger partial charge >= 0.3 is 0 Å². The fourth-order valence-electron chi connectivity index (χ4n) is 3.35. The van der Waals surface area contributed by atoms with Crippen molar-refractivity contribution in [1.29, 1.82) is 0 Å². The van der Waals surface area contributed by atoms with Crippen LogP contribution in [0.2, 0.25) is 0 Å². The largest absolute Gasteiger partial charge is 0.352 e. The van der Waals surface area contributed by atoms with E-state index in [-0.39, 0.29) is 5.75 Å². The zero-order valence-electron chi connectivity index (χ0n) is 17.5. The summed E-state index contributed by atoms with van der Waals surface area (Å²) in [5.74, 6) is 2.06. The minimum Gasteiger partial charge on any atom is -0.352 e. The maximum absolute atomic E-state index is 12.2. The standard InChI is InChI=1S/C20H29N5O3S/c1-5-7-17-23-18(28-24-17)16-9-6-8-15(12-16)13-22-19(21-4)25-10-11-29(26,27)20(2,3)14-25/h6,8-9,12H,5,7,10-11,13-14H2,1-4H3,(H,21,22). The molecular weight excluding hydrogens is 390 g/mol. The van der Waals surface area contributed by atoms with Gasteiger partial charge in [-0.2, -0.15) is 4.98 Å². The van der Waals surface area contributed by atoms with Gasteiger partial charge in [-0.3, -0.25) is 4.99 Å². The van der Waals surface area contributed by atoms with Crippen molar-refractivity contribution in [2.45, 2.75) is 44.9 Å². The minimum absolute atomic E-state index is 0.132. The number of aryl methyl sites for hydroxylation is 1. The first-order valence-corrected chi connectivity index (χ1v) is 11.5. The van der Waals surface area contributed by atoms with Crippen molar-refractivity contribution in [3.8, 4) is 11.5 Å². The zero-order valence-corrected chi connectivity index (χ0v) is 18.3. The molecule has 1 aromatic carbocycles. The summed E-state index contributed by atoms with van der Waals surface area (Å²) < 4.78 is 29.1. The molecule has 0 unspecified atom stereocenters. The molecule has 1 aliphatic heterocycles. The van der Waals surface area contributed by atoms with E-state index in [2.05, 4.69) is 27.4 Å². The van der Waals surface area contributed by atoms with Crippen LogP contribution in [0.4, 0.5) is 0 Å². The number of nitrogens with zero attached hydrogens (tertiary/aromatic N) is 4. The van der Waals surface area contributed by atoms with Crippen LogP contribution in [0.5, 0.6) is 0 Å². The van der Waals surface area contributed by atoms with Crippen molar-refractivity contribution in [2.24, 2.45) is 4.99 Å². The van der Waals surface area contributed by atoms with Gasteiger partial charge in [0, 0.05) is 38.7 Å². The fraction of sp³-hybridized carbons (Fsp3) is 0.550. The SMILES string of the molecule is CCCc1noc(-c2cccc(CNC(=NC)N3CCS(=O)(=O)C(C)(C)C3)c2)n1. The number of aliphatic imine (C=N–C) groups is 1. The second kappa shape index (κ2) is 8.52. The summed E-state index contributed by atoms with van der Waals surface area (Å²) in [6.07, 6.45) is 1.76. The molecule has 0 aliphatic carbocycles. The molecular formula is C20H29N5O3S. The van der Waals surface area contributed by atoms with Gasteiger partial charge in [0.2, 0.25) is 0 Å². The van der Waals surface area contributed by atoms with E-state index in [4.69, 9.17) is 4.52 Å². The third-order valence-electron chi connectivity index (χ3n) is 5.12. The molecule has 0 spiro atoms. The van der Waals surface area contributed by atoms with Gasteiger partial charge < -0.3 is 14.7 Å². The summed E-state index contributed by atoms with van der Waals surface area (Å²) in [5.41, 5.74) is 1.92. The van der Waals surface area contributed by atoms with Gasteiger partial charge in [0.15, 0.2) is 21.6 Å². The molecule has 8 nitrogen and oxygen atoms in total. The second-order valence-corrected chi connectivity index (χ2v) is 10.6. The van der Waals surface area contributed by atoms with Crippen LogP contribution < -0.4 is 5.32 Å². The molecule has 1 fully saturated rings. The van der Waals surface area contributed by atoms with Gasteiger partial charge in [-0.15, -0.1) is 0 Å². The number of sulfone groups is 1. The Kier molecular flexibility index (Phi) is 6.26. The van der Waals surface area contributed by atoms with Crippen LogP contribution in [0.1, 0.15) is 38.6 Å². The molecule has 0 atom stereocenters. The topological polar surface area (TPSA) is 101 Å². The molecule has 158 valence electrons. The first-order valence-electron chi connectivity index (χ1n) is 9.85. The number of guanidine groups is 1. The molecule has 1 N–H and O–H groups in total. The summed E-state index contributed by atoms with van der Waals surface area (Å²) in [4.78, 5) is 10.8. The Morgan fingerprint density at radius 2 is 2.17 bits per heavy atom. The molecule has 29 heavy (non-hydrogen) atoms. The van der Waals surface area contributed by atoms with Crippen LogP contribution in [-0.4, -0.2) is 60.1 Å². The smallest absolute Gasteiger partial charge is 0.257 e. The monoisotopic (exact) mass is 419 g/mol. The minimum atomic E-state index is -3.09. The van der Waals surface area contributed by atoms with Crippen LogP contribution in [0, 0.1) is 0 Å². The third-order valence-corrected chi connectivity index (χ3v) is 7.65. The molecule has 9 heteroatoms. The summed E-state index contributed by atoms with van der Waals surface area (Å²) in [7, 11) is -1.38. The molecule has 2 aromatic rings. The average Bonchev–Trinajstić information content (AvgIpc) is 3.14. The lowest BCUT2D eigenvalue weighted by molar-refractivity contribution is 0.353. The molecule has 3 rings (SSSR count). The normalized spacial score (nSPS) is 18.6. The van der Waals surface area contributed by atoms with Crippen molar-refractivity contribution >= 4 is 15.8 Å². The predicted octanol–water partition coefficient (Wildman–Crippen LogP) is 2.27. The van der Waals surface area contributed by atoms with Gasteiger partial charge in [0.1, 0.15) is 0 Å². The highest BCUT2D eigenvalue weighted by atomic mass is 32.2. The quantitative estimate of drug-likeness (QED) is 0.586. The van der Waals surface area contributed by atoms with Crippen LogP contribution in [0.3, 0.4) is 0 Å². The molecule has 1 saturated heterocycles. The first kappa shape index (κ1) is 21.3. The lowest BCUT2D eigenvalue weighted by Crippen LogP contribution is -2.57. The van der Waals surface area contributed by atoms with Gasteiger partial charge in [-0.1, -0.05) is 24.2 Å². The molecule has 0 saturated carbocycles. The number of aromatic nitrogens is 2. The van der Waals surface area contributed by atoms with Crippen LogP contribution in [0.15, 0.2) is 33.8 Å². The maximum atomic E-state index is 12.2. The third kappa shape index (κ3) is 4.77. The van der Waals surface area contributed by atoms with Gasteiger partial charge in [0.05, 0.1) is 10.5 Å². The Hall–Kier alpha value is -2.42. The Labute approximate surface area is 172 Å². The number of nitrogens with one attached hydrogen (secondary N) is 1. The Morgan fingerprint density at radius 3 is 2.86 bits per heavy atom. The summed E-state index contributed by atoms with van der Waals surface area (Å²) >= 11 is 0. The molecule has 0 radical (unpaired) electrons. The van der Waals surface area contributed by atoms with Crippen molar-refractivity contribution in [3.63, 3.8) is 0 Å². The highest BCUT2D eigenvalue weighted by Crippen LogP contribution is 2.24. The van der Waals surface area contributed by atoms with E-state index in [1.54, 1.807) is 20.9 Å². The highest BCUT2D eigenvalue weighted by Gasteiger charge is 2.40. The number of benzene rings is 1. The fourth-order valence-corrected chi connectivity index (χ4v) is 4.71. The summed E-state index contributed by atoms with van der Waals surface area (Å²) in [5, 5.41) is 7.35. The first-order chi connectivity index (χ1) is 13.8. The van der Waals surface area contributed by atoms with Gasteiger partial charge in [-0.25, -0.2) is 8.42 Å². The maximum Gasteiger partial charge on any atom is 0.257 e. The molecule has 1 aromatic heterocycles. The lowest BCUT2D eigenvalue weighted by atomic mass is 10.1. The van der Waals surface area contributed by atoms with Gasteiger partial charge in [0.25, 0.3) is 5.89 Å². The van der Waals surface area contributed by atoms with E-state index in [9.17, 15) is 8.42 Å². The number of hydrogen-bond donors (Lipinski definition) is 1. The highest BCUT2D eigenvalue weighted by molar-refractivity contribution is 7.92. The van der Waals surface area contributed by atoms with Crippen molar-refractivity contribution < 1.29 is 12.9 Å². The second-order valence-electron chi connectivity index (χ2n) is 7.87. The van der Waals surface area contributed by atoms with E-state index in [0.29, 0.717) is 37.3 Å². The van der Waals surface area contributed by atoms with Crippen molar-refractivity contribution in [1.82, 2.24) is 20.4 Å². The van der Waals surface area contributed by atoms with E-state index >= 15 is 0 Å². The number of rotatable bonds is 5. The Bertz CT molecular complexity index is 982. The van der Waals surface area contributed by atoms with Crippen LogP contribution in [0.25, 0.3) is 11.5 Å². The lowest BCUT2D eigenvalue weighted by Gasteiger charge is -2.39. The summed E-state index contributed by atoms with van der Waals surface area (Å²) in [6.45, 7) is 7.02. The van der Waals surface area contributed by atoms with E-state index in [1.807, 2.05) is 29.2 Å². The predicted molar refractivity (Wildman–Crippen MR) is 113 cm³/mol. The van der Waals surface area contributed by atoms with Crippen molar-refractivity contribution in [3.05, 3.63) is 35.7 Å². The van der Waals surface area contributed by atoms with Crippen LogP contribution in [-0.2, 0) is 22.8 Å². The van der Waals surface area contributed by atoms with Gasteiger partial charge in [-0.05, 0) is 38.0 Å². The number of hydrogen-bond acceptors (Lipinski definition) is 6. The van der Waals surface area contributed by atoms with E-state index < -0.39 is 14.6 Å². The Balaban J connectivity index is 1.67. The Morgan fingerprint density at radius 1 is 1.38 bits per heavy atom. The molecule has 0 amide bonds. The molecule has 1 aliphatic rings. The average molecular weight is 420 g/mol. The van der Waals surface area contributed by atoms with E-state index in [1.165, 1.54) is 0 Å². The molecule has 2 heterocycles.